The fourth-order valence-electron chi connectivity index (χ4n) is 3.80. The van der Waals surface area contributed by atoms with Gasteiger partial charge in [-0.05, 0) is 37.7 Å². The monoisotopic (exact) mass is 301 g/mol. The van der Waals surface area contributed by atoms with Gasteiger partial charge in [-0.15, -0.1) is 0 Å². The van der Waals surface area contributed by atoms with Gasteiger partial charge in [-0.2, -0.15) is 0 Å². The predicted molar refractivity (Wildman–Crippen MR) is 83.5 cm³/mol. The second kappa shape index (κ2) is 6.51. The lowest BCUT2D eigenvalue weighted by atomic mass is 9.81. The Kier molecular flexibility index (Phi) is 4.46. The number of carboxylic acids is 1. The highest BCUT2D eigenvalue weighted by molar-refractivity contribution is 5.80. The Balaban J connectivity index is 1.55. The van der Waals surface area contributed by atoms with Crippen LogP contribution in [0.5, 0.6) is 0 Å². The van der Waals surface area contributed by atoms with Crippen molar-refractivity contribution in [2.24, 2.45) is 11.8 Å². The van der Waals surface area contributed by atoms with E-state index in [2.05, 4.69) is 12.1 Å². The third kappa shape index (κ3) is 3.16. The molecule has 22 heavy (non-hydrogen) atoms. The molecule has 1 atom stereocenters. The predicted octanol–water partition coefficient (Wildman–Crippen LogP) is 2.89. The minimum atomic E-state index is -0.712. The molecule has 1 saturated carbocycles. The molecule has 0 radical (unpaired) electrons. The van der Waals surface area contributed by atoms with Crippen molar-refractivity contribution in [2.45, 2.75) is 38.0 Å². The number of likely N-dealkylation sites (tertiary alicyclic amines) is 1. The van der Waals surface area contributed by atoms with E-state index in [1.807, 2.05) is 23.1 Å². The molecule has 1 aliphatic heterocycles. The van der Waals surface area contributed by atoms with Crippen LogP contribution >= 0.6 is 0 Å². The van der Waals surface area contributed by atoms with Crippen LogP contribution in [0, 0.1) is 11.8 Å². The first-order chi connectivity index (χ1) is 10.6. The zero-order chi connectivity index (χ0) is 15.5. The maximum absolute atomic E-state index is 12.6. The zero-order valence-electron chi connectivity index (χ0n) is 12.8. The highest BCUT2D eigenvalue weighted by Crippen LogP contribution is 2.33. The first-order valence-electron chi connectivity index (χ1n) is 8.21. The lowest BCUT2D eigenvalue weighted by Gasteiger charge is -2.29. The number of amides is 1. The molecule has 3 rings (SSSR count). The van der Waals surface area contributed by atoms with Gasteiger partial charge in [0.15, 0.2) is 0 Å². The van der Waals surface area contributed by atoms with Gasteiger partial charge in [0.05, 0.1) is 5.92 Å². The maximum atomic E-state index is 12.6. The van der Waals surface area contributed by atoms with E-state index in [4.69, 9.17) is 5.11 Å². The topological polar surface area (TPSA) is 57.6 Å². The number of nitrogens with zero attached hydrogens (tertiary/aromatic N) is 1. The van der Waals surface area contributed by atoms with Gasteiger partial charge in [0, 0.05) is 24.9 Å². The third-order valence-corrected chi connectivity index (χ3v) is 5.20. The largest absolute Gasteiger partial charge is 0.481 e. The van der Waals surface area contributed by atoms with Gasteiger partial charge in [0.1, 0.15) is 0 Å². The number of rotatable bonds is 3. The van der Waals surface area contributed by atoms with Crippen molar-refractivity contribution in [3.8, 4) is 0 Å². The summed E-state index contributed by atoms with van der Waals surface area (Å²) in [5.74, 6) is -0.246. The van der Waals surface area contributed by atoms with Crippen LogP contribution in [0.3, 0.4) is 0 Å². The molecule has 4 nitrogen and oxygen atoms in total. The zero-order valence-corrected chi connectivity index (χ0v) is 12.8. The number of carbonyl (C=O) groups is 2. The Morgan fingerprint density at radius 1 is 0.955 bits per heavy atom. The number of hydrogen-bond donors (Lipinski definition) is 1. The quantitative estimate of drug-likeness (QED) is 0.934. The van der Waals surface area contributed by atoms with Crippen molar-refractivity contribution in [2.75, 3.05) is 13.1 Å². The van der Waals surface area contributed by atoms with Crippen LogP contribution in [0.1, 0.15) is 43.6 Å². The Labute approximate surface area is 131 Å². The molecule has 1 N–H and O–H groups in total. The van der Waals surface area contributed by atoms with Gasteiger partial charge in [-0.3, -0.25) is 9.59 Å². The van der Waals surface area contributed by atoms with Gasteiger partial charge < -0.3 is 10.0 Å². The number of benzene rings is 1. The van der Waals surface area contributed by atoms with Crippen LogP contribution in [0.25, 0.3) is 0 Å². The Morgan fingerprint density at radius 3 is 2.23 bits per heavy atom. The van der Waals surface area contributed by atoms with Crippen molar-refractivity contribution in [3.05, 3.63) is 35.9 Å². The molecule has 4 heteroatoms. The van der Waals surface area contributed by atoms with Crippen LogP contribution < -0.4 is 0 Å². The summed E-state index contributed by atoms with van der Waals surface area (Å²) in [6.07, 6.45) is 3.76. The van der Waals surface area contributed by atoms with E-state index < -0.39 is 5.97 Å². The van der Waals surface area contributed by atoms with Crippen LogP contribution in [-0.4, -0.2) is 35.0 Å². The molecule has 1 heterocycles. The molecule has 1 aliphatic carbocycles. The average molecular weight is 301 g/mol. The summed E-state index contributed by atoms with van der Waals surface area (Å²) < 4.78 is 0. The highest BCUT2D eigenvalue weighted by Gasteiger charge is 2.35. The lowest BCUT2D eigenvalue weighted by molar-refractivity contribution is -0.145. The fourth-order valence-corrected chi connectivity index (χ4v) is 3.80. The van der Waals surface area contributed by atoms with E-state index in [0.29, 0.717) is 18.8 Å². The summed E-state index contributed by atoms with van der Waals surface area (Å²) in [6.45, 7) is 1.64. The van der Waals surface area contributed by atoms with E-state index >= 15 is 0 Å². The van der Waals surface area contributed by atoms with Crippen LogP contribution in [0.15, 0.2) is 30.3 Å². The first-order valence-corrected chi connectivity index (χ1v) is 8.21. The first kappa shape index (κ1) is 15.1. The van der Waals surface area contributed by atoms with Crippen LogP contribution in [-0.2, 0) is 9.59 Å². The molecule has 2 aliphatic rings. The molecule has 0 aromatic heterocycles. The molecule has 1 aromatic carbocycles. The minimum absolute atomic E-state index is 0.0325. The second-order valence-corrected chi connectivity index (χ2v) is 6.57. The molecule has 1 saturated heterocycles. The smallest absolute Gasteiger partial charge is 0.306 e. The summed E-state index contributed by atoms with van der Waals surface area (Å²) in [5, 5.41) is 9.04. The molecule has 1 amide bonds. The number of aliphatic carboxylic acids is 1. The van der Waals surface area contributed by atoms with Crippen molar-refractivity contribution < 1.29 is 14.7 Å². The van der Waals surface area contributed by atoms with Crippen molar-refractivity contribution in [3.63, 3.8) is 0 Å². The molecular formula is C18H23NO3. The van der Waals surface area contributed by atoms with Gasteiger partial charge >= 0.3 is 5.97 Å². The van der Waals surface area contributed by atoms with E-state index in [1.54, 1.807) is 0 Å². The number of carbonyl (C=O) groups excluding carboxylic acids is 1. The molecule has 2 fully saturated rings. The third-order valence-electron chi connectivity index (χ3n) is 5.20. The molecule has 1 unspecified atom stereocenters. The van der Waals surface area contributed by atoms with Crippen molar-refractivity contribution in [1.82, 2.24) is 4.90 Å². The Bertz CT molecular complexity index is 535. The summed E-state index contributed by atoms with van der Waals surface area (Å²) in [6, 6.07) is 10.4. The number of carboxylic acid groups (broad SMARTS) is 1. The van der Waals surface area contributed by atoms with Gasteiger partial charge in [0.25, 0.3) is 0 Å². The summed E-state index contributed by atoms with van der Waals surface area (Å²) in [7, 11) is 0. The maximum Gasteiger partial charge on any atom is 0.306 e. The minimum Gasteiger partial charge on any atom is -0.481 e. The lowest BCUT2D eigenvalue weighted by Crippen LogP contribution is -2.36. The normalized spacial score (nSPS) is 28.5. The summed E-state index contributed by atoms with van der Waals surface area (Å²) in [5.41, 5.74) is 1.31. The average Bonchev–Trinajstić information content (AvgIpc) is 3.05. The molecular weight excluding hydrogens is 278 g/mol. The molecule has 1 aromatic rings. The van der Waals surface area contributed by atoms with Crippen molar-refractivity contribution in [1.29, 1.82) is 0 Å². The van der Waals surface area contributed by atoms with E-state index in [9.17, 15) is 9.59 Å². The SMILES string of the molecule is O=C(O)C1CCC(C(=O)N2CCC(c3ccccc3)C2)CC1. The van der Waals surface area contributed by atoms with Crippen LogP contribution in [0.4, 0.5) is 0 Å². The van der Waals surface area contributed by atoms with E-state index in [-0.39, 0.29) is 17.7 Å². The summed E-state index contributed by atoms with van der Waals surface area (Å²) in [4.78, 5) is 25.6. The van der Waals surface area contributed by atoms with Gasteiger partial charge in [-0.1, -0.05) is 30.3 Å². The Morgan fingerprint density at radius 2 is 1.59 bits per heavy atom. The molecule has 118 valence electrons. The Hall–Kier alpha value is -1.84. The van der Waals surface area contributed by atoms with Crippen molar-refractivity contribution >= 4 is 11.9 Å². The standard InChI is InChI=1S/C18H23NO3/c20-17(14-6-8-15(9-7-14)18(21)22)19-11-10-16(12-19)13-4-2-1-3-5-13/h1-5,14-16H,6-12H2,(H,21,22). The second-order valence-electron chi connectivity index (χ2n) is 6.57. The molecule has 0 spiro atoms. The van der Waals surface area contributed by atoms with Gasteiger partial charge in [0.2, 0.25) is 5.91 Å². The van der Waals surface area contributed by atoms with Crippen LogP contribution in [0.2, 0.25) is 0 Å². The van der Waals surface area contributed by atoms with E-state index in [1.165, 1.54) is 5.56 Å². The van der Waals surface area contributed by atoms with Gasteiger partial charge in [-0.25, -0.2) is 0 Å². The molecule has 0 bridgehead atoms. The summed E-state index contributed by atoms with van der Waals surface area (Å²) >= 11 is 0. The highest BCUT2D eigenvalue weighted by atomic mass is 16.4. The fraction of sp³-hybridized carbons (Fsp3) is 0.556. The number of hydrogen-bond acceptors (Lipinski definition) is 2. The van der Waals surface area contributed by atoms with E-state index in [0.717, 1.165) is 32.4 Å².